The van der Waals surface area contributed by atoms with Crippen molar-refractivity contribution in [2.45, 2.75) is 16.7 Å². The Labute approximate surface area is 116 Å². The van der Waals surface area contributed by atoms with E-state index in [1.165, 1.54) is 10.5 Å². The minimum absolute atomic E-state index is 0.727. The SMILES string of the molecule is Cc1cccc(Sc2c(N)cnc3ccccc23)c1. The van der Waals surface area contributed by atoms with Gasteiger partial charge in [0.1, 0.15) is 0 Å². The van der Waals surface area contributed by atoms with Crippen LogP contribution >= 0.6 is 11.8 Å². The summed E-state index contributed by atoms with van der Waals surface area (Å²) < 4.78 is 0. The van der Waals surface area contributed by atoms with E-state index in [1.54, 1.807) is 18.0 Å². The van der Waals surface area contributed by atoms with Crippen molar-refractivity contribution in [3.8, 4) is 0 Å². The summed E-state index contributed by atoms with van der Waals surface area (Å²) in [6.45, 7) is 2.10. The van der Waals surface area contributed by atoms with Gasteiger partial charge in [-0.05, 0) is 25.1 Å². The third kappa shape index (κ3) is 2.42. The molecule has 3 rings (SSSR count). The lowest BCUT2D eigenvalue weighted by molar-refractivity contribution is 1.33. The van der Waals surface area contributed by atoms with E-state index in [1.807, 2.05) is 18.2 Å². The van der Waals surface area contributed by atoms with Crippen LogP contribution < -0.4 is 5.73 Å². The number of aromatic nitrogens is 1. The maximum absolute atomic E-state index is 6.09. The van der Waals surface area contributed by atoms with Gasteiger partial charge < -0.3 is 5.73 Å². The number of rotatable bonds is 2. The summed E-state index contributed by atoms with van der Waals surface area (Å²) in [6, 6.07) is 16.5. The molecule has 0 unspecified atom stereocenters. The summed E-state index contributed by atoms with van der Waals surface area (Å²) in [4.78, 5) is 6.64. The fraction of sp³-hybridized carbons (Fsp3) is 0.0625. The molecule has 0 atom stereocenters. The van der Waals surface area contributed by atoms with Crippen LogP contribution in [0, 0.1) is 6.92 Å². The van der Waals surface area contributed by atoms with Crippen molar-refractivity contribution in [2.75, 3.05) is 5.73 Å². The molecule has 0 aliphatic carbocycles. The number of fused-ring (bicyclic) bond motifs is 1. The Morgan fingerprint density at radius 3 is 2.74 bits per heavy atom. The second-order valence-electron chi connectivity index (χ2n) is 4.48. The van der Waals surface area contributed by atoms with Gasteiger partial charge in [-0.3, -0.25) is 4.98 Å². The van der Waals surface area contributed by atoms with Crippen molar-refractivity contribution in [2.24, 2.45) is 0 Å². The van der Waals surface area contributed by atoms with Crippen molar-refractivity contribution >= 4 is 28.4 Å². The maximum Gasteiger partial charge on any atom is 0.0715 e. The van der Waals surface area contributed by atoms with Crippen LogP contribution in [0.5, 0.6) is 0 Å². The van der Waals surface area contributed by atoms with E-state index in [0.717, 1.165) is 21.5 Å². The Bertz CT molecular complexity index is 738. The molecule has 0 fully saturated rings. The van der Waals surface area contributed by atoms with E-state index < -0.39 is 0 Å². The van der Waals surface area contributed by atoms with Crippen LogP contribution in [0.2, 0.25) is 0 Å². The molecule has 0 spiro atoms. The zero-order valence-electron chi connectivity index (χ0n) is 10.6. The zero-order chi connectivity index (χ0) is 13.2. The van der Waals surface area contributed by atoms with Gasteiger partial charge >= 0.3 is 0 Å². The molecule has 1 aromatic heterocycles. The minimum atomic E-state index is 0.727. The van der Waals surface area contributed by atoms with Gasteiger partial charge in [0.2, 0.25) is 0 Å². The van der Waals surface area contributed by atoms with Gasteiger partial charge in [-0.25, -0.2) is 0 Å². The highest BCUT2D eigenvalue weighted by Gasteiger charge is 2.08. The van der Waals surface area contributed by atoms with E-state index >= 15 is 0 Å². The molecule has 2 N–H and O–H groups in total. The number of nitrogens with two attached hydrogens (primary N) is 1. The van der Waals surface area contributed by atoms with Crippen molar-refractivity contribution in [3.05, 3.63) is 60.3 Å². The van der Waals surface area contributed by atoms with E-state index in [2.05, 4.69) is 42.2 Å². The Morgan fingerprint density at radius 2 is 1.89 bits per heavy atom. The summed E-state index contributed by atoms with van der Waals surface area (Å²) >= 11 is 1.69. The smallest absolute Gasteiger partial charge is 0.0715 e. The third-order valence-corrected chi connectivity index (χ3v) is 4.11. The van der Waals surface area contributed by atoms with Crippen LogP contribution in [0.3, 0.4) is 0 Å². The van der Waals surface area contributed by atoms with Crippen molar-refractivity contribution in [3.63, 3.8) is 0 Å². The number of anilines is 1. The first-order valence-corrected chi connectivity index (χ1v) is 6.93. The van der Waals surface area contributed by atoms with Crippen LogP contribution in [0.15, 0.2) is 64.5 Å². The van der Waals surface area contributed by atoms with Gasteiger partial charge in [0.05, 0.1) is 17.4 Å². The van der Waals surface area contributed by atoms with Gasteiger partial charge in [0.25, 0.3) is 0 Å². The number of aryl methyl sites for hydroxylation is 1. The average Bonchev–Trinajstić information content (AvgIpc) is 2.42. The molecule has 0 bridgehead atoms. The Hall–Kier alpha value is -2.00. The van der Waals surface area contributed by atoms with Gasteiger partial charge in [0.15, 0.2) is 0 Å². The second kappa shape index (κ2) is 4.94. The normalized spacial score (nSPS) is 10.8. The van der Waals surface area contributed by atoms with Gasteiger partial charge in [-0.2, -0.15) is 0 Å². The van der Waals surface area contributed by atoms with Crippen LogP contribution in [0.1, 0.15) is 5.56 Å². The number of hydrogen-bond acceptors (Lipinski definition) is 3. The molecular formula is C16H14N2S. The monoisotopic (exact) mass is 266 g/mol. The van der Waals surface area contributed by atoms with E-state index in [4.69, 9.17) is 5.73 Å². The standard InChI is InChI=1S/C16H14N2S/c1-11-5-4-6-12(9-11)19-16-13-7-2-3-8-15(13)18-10-14(16)17/h2-10H,17H2,1H3. The Morgan fingerprint density at radius 1 is 1.05 bits per heavy atom. The highest BCUT2D eigenvalue weighted by atomic mass is 32.2. The molecule has 1 heterocycles. The maximum atomic E-state index is 6.09. The molecule has 2 aromatic carbocycles. The lowest BCUT2D eigenvalue weighted by atomic mass is 10.2. The fourth-order valence-corrected chi connectivity index (χ4v) is 3.12. The first kappa shape index (κ1) is 12.1. The lowest BCUT2D eigenvalue weighted by Crippen LogP contribution is -1.92. The molecule has 0 aliphatic heterocycles. The summed E-state index contributed by atoms with van der Waals surface area (Å²) in [5.41, 5.74) is 9.05. The summed E-state index contributed by atoms with van der Waals surface area (Å²) in [6.07, 6.45) is 1.74. The van der Waals surface area contributed by atoms with Crippen LogP contribution in [0.25, 0.3) is 10.9 Å². The van der Waals surface area contributed by atoms with Gasteiger partial charge in [0, 0.05) is 15.2 Å². The summed E-state index contributed by atoms with van der Waals surface area (Å²) in [5, 5.41) is 1.11. The molecule has 0 radical (unpaired) electrons. The third-order valence-electron chi connectivity index (χ3n) is 2.96. The quantitative estimate of drug-likeness (QED) is 0.752. The van der Waals surface area contributed by atoms with Gasteiger partial charge in [-0.15, -0.1) is 0 Å². The summed E-state index contributed by atoms with van der Waals surface area (Å²) in [7, 11) is 0. The molecule has 3 heteroatoms. The highest BCUT2D eigenvalue weighted by Crippen LogP contribution is 2.37. The van der Waals surface area contributed by atoms with E-state index in [-0.39, 0.29) is 0 Å². The van der Waals surface area contributed by atoms with Crippen molar-refractivity contribution in [1.29, 1.82) is 0 Å². The van der Waals surface area contributed by atoms with E-state index in [0.29, 0.717) is 0 Å². The molecule has 0 saturated carbocycles. The van der Waals surface area contributed by atoms with Crippen LogP contribution in [-0.4, -0.2) is 4.98 Å². The first-order chi connectivity index (χ1) is 9.24. The molecule has 0 saturated heterocycles. The molecule has 94 valence electrons. The first-order valence-electron chi connectivity index (χ1n) is 6.12. The van der Waals surface area contributed by atoms with Crippen LogP contribution in [-0.2, 0) is 0 Å². The van der Waals surface area contributed by atoms with Gasteiger partial charge in [-0.1, -0.05) is 47.7 Å². The number of benzene rings is 2. The number of pyridine rings is 1. The second-order valence-corrected chi connectivity index (χ2v) is 5.56. The van der Waals surface area contributed by atoms with Crippen molar-refractivity contribution in [1.82, 2.24) is 4.98 Å². The Kier molecular flexibility index (Phi) is 3.13. The van der Waals surface area contributed by atoms with E-state index in [9.17, 15) is 0 Å². The Balaban J connectivity index is 2.12. The fourth-order valence-electron chi connectivity index (χ4n) is 2.04. The molecule has 0 aliphatic rings. The predicted octanol–water partition coefficient (Wildman–Crippen LogP) is 4.28. The molecule has 3 aromatic rings. The van der Waals surface area contributed by atoms with Crippen molar-refractivity contribution < 1.29 is 0 Å². The average molecular weight is 266 g/mol. The lowest BCUT2D eigenvalue weighted by Gasteiger charge is -2.09. The summed E-state index contributed by atoms with van der Waals surface area (Å²) in [5.74, 6) is 0. The zero-order valence-corrected chi connectivity index (χ0v) is 11.4. The molecule has 0 amide bonds. The number of nitrogens with zero attached hydrogens (tertiary/aromatic N) is 1. The molecule has 19 heavy (non-hydrogen) atoms. The number of nitrogen functional groups attached to an aromatic ring is 1. The molecular weight excluding hydrogens is 252 g/mol. The topological polar surface area (TPSA) is 38.9 Å². The number of hydrogen-bond donors (Lipinski definition) is 1. The minimum Gasteiger partial charge on any atom is -0.397 e. The molecule has 2 nitrogen and oxygen atoms in total. The van der Waals surface area contributed by atoms with Crippen LogP contribution in [0.4, 0.5) is 5.69 Å². The largest absolute Gasteiger partial charge is 0.397 e. The predicted molar refractivity (Wildman–Crippen MR) is 81.5 cm³/mol. The highest BCUT2D eigenvalue weighted by molar-refractivity contribution is 7.99. The number of para-hydroxylation sites is 1.